The minimum absolute atomic E-state index is 0.0773. The van der Waals surface area contributed by atoms with Crippen molar-refractivity contribution in [3.05, 3.63) is 223 Å². The van der Waals surface area contributed by atoms with Gasteiger partial charge in [-0.3, -0.25) is 9.36 Å². The van der Waals surface area contributed by atoms with Crippen LogP contribution in [0.1, 0.15) is 0 Å². The molecule has 8 aromatic carbocycles. The lowest BCUT2D eigenvalue weighted by molar-refractivity contribution is 1.00. The van der Waals surface area contributed by atoms with Gasteiger partial charge in [-0.25, -0.2) is 0 Å². The maximum atomic E-state index is 15.6. The summed E-state index contributed by atoms with van der Waals surface area (Å²) in [5.74, 6) is 0. The maximum Gasteiger partial charge on any atom is 0.280 e. The van der Waals surface area contributed by atoms with Crippen LogP contribution in [-0.2, 0) is 0 Å². The van der Waals surface area contributed by atoms with Gasteiger partial charge in [0, 0.05) is 44.2 Å². The van der Waals surface area contributed by atoms with Gasteiger partial charge < -0.3 is 9.13 Å². The molecular formula is C53H35N3O. The van der Waals surface area contributed by atoms with E-state index in [0.717, 1.165) is 72.4 Å². The summed E-state index contributed by atoms with van der Waals surface area (Å²) in [6.07, 6.45) is 0. The van der Waals surface area contributed by atoms with E-state index in [-0.39, 0.29) is 5.56 Å². The van der Waals surface area contributed by atoms with E-state index in [4.69, 9.17) is 0 Å². The number of rotatable bonds is 6. The van der Waals surface area contributed by atoms with Gasteiger partial charge in [0.1, 0.15) is 5.52 Å². The van der Waals surface area contributed by atoms with Gasteiger partial charge in [-0.1, -0.05) is 146 Å². The smallest absolute Gasteiger partial charge is 0.280 e. The van der Waals surface area contributed by atoms with Crippen LogP contribution in [0, 0.1) is 0 Å². The summed E-state index contributed by atoms with van der Waals surface area (Å²) in [4.78, 5) is 15.6. The fraction of sp³-hybridized carbons (Fsp3) is 0. The van der Waals surface area contributed by atoms with E-state index in [0.29, 0.717) is 5.52 Å². The Morgan fingerprint density at radius 1 is 0.316 bits per heavy atom. The van der Waals surface area contributed by atoms with Crippen molar-refractivity contribution >= 4 is 43.6 Å². The SMILES string of the molecule is O=c1c2c(c(-c3ccccc3)c(-c3ccccc3)n1-c1ccccc1)c1cc(-c3ccc4c(c3)c3ccccc3n4-c3ccccc3)ccc1n2-c1ccccc1. The number of pyridine rings is 1. The molecular weight excluding hydrogens is 695 g/mol. The molecule has 0 saturated heterocycles. The highest BCUT2D eigenvalue weighted by Crippen LogP contribution is 2.44. The number of para-hydroxylation sites is 4. The van der Waals surface area contributed by atoms with E-state index >= 15 is 4.79 Å². The molecule has 11 rings (SSSR count). The van der Waals surface area contributed by atoms with Crippen LogP contribution in [0.5, 0.6) is 0 Å². The molecule has 268 valence electrons. The van der Waals surface area contributed by atoms with Crippen LogP contribution in [0.15, 0.2) is 217 Å². The first-order valence-corrected chi connectivity index (χ1v) is 19.3. The van der Waals surface area contributed by atoms with Crippen LogP contribution in [0.3, 0.4) is 0 Å². The highest BCUT2D eigenvalue weighted by molar-refractivity contribution is 6.19. The van der Waals surface area contributed by atoms with Crippen molar-refractivity contribution in [2.75, 3.05) is 0 Å². The topological polar surface area (TPSA) is 31.9 Å². The molecule has 57 heavy (non-hydrogen) atoms. The van der Waals surface area contributed by atoms with Gasteiger partial charge in [0.05, 0.1) is 22.2 Å². The van der Waals surface area contributed by atoms with Crippen LogP contribution >= 0.6 is 0 Å². The van der Waals surface area contributed by atoms with Crippen LogP contribution < -0.4 is 5.56 Å². The number of benzene rings is 8. The first-order chi connectivity index (χ1) is 28.2. The number of aromatic nitrogens is 3. The second-order valence-electron chi connectivity index (χ2n) is 14.5. The molecule has 0 unspecified atom stereocenters. The molecule has 0 radical (unpaired) electrons. The molecule has 4 heteroatoms. The molecule has 0 spiro atoms. The lowest BCUT2D eigenvalue weighted by atomic mass is 9.93. The lowest BCUT2D eigenvalue weighted by Gasteiger charge is -2.20. The second-order valence-corrected chi connectivity index (χ2v) is 14.5. The van der Waals surface area contributed by atoms with Gasteiger partial charge in [0.15, 0.2) is 0 Å². The van der Waals surface area contributed by atoms with Crippen LogP contribution in [0.25, 0.3) is 94.2 Å². The van der Waals surface area contributed by atoms with Crippen molar-refractivity contribution < 1.29 is 0 Å². The predicted molar refractivity (Wildman–Crippen MR) is 237 cm³/mol. The zero-order valence-corrected chi connectivity index (χ0v) is 31.0. The van der Waals surface area contributed by atoms with Crippen molar-refractivity contribution in [2.24, 2.45) is 0 Å². The van der Waals surface area contributed by atoms with Gasteiger partial charge >= 0.3 is 0 Å². The average molecular weight is 730 g/mol. The molecule has 4 nitrogen and oxygen atoms in total. The standard InChI is InChI=1S/C53H35N3O/c57-53-52-50(49(36-18-6-1-7-19-36)51(37-20-8-2-9-21-37)56(53)42-26-14-5-15-27-42)45-35-39(31-33-48(45)55(52)41-24-12-4-13-25-41)38-30-32-47-44(34-38)43-28-16-17-29-46(43)54(47)40-22-10-3-11-23-40/h1-35H. The zero-order valence-electron chi connectivity index (χ0n) is 31.0. The monoisotopic (exact) mass is 729 g/mol. The molecule has 0 amide bonds. The molecule has 0 N–H and O–H groups in total. The molecule has 0 aliphatic carbocycles. The summed E-state index contributed by atoms with van der Waals surface area (Å²) in [5, 5.41) is 4.35. The second kappa shape index (κ2) is 13.3. The maximum absolute atomic E-state index is 15.6. The molecule has 0 saturated carbocycles. The van der Waals surface area contributed by atoms with E-state index in [9.17, 15) is 0 Å². The first kappa shape index (κ1) is 32.7. The Kier molecular flexibility index (Phi) is 7.61. The van der Waals surface area contributed by atoms with E-state index in [1.165, 1.54) is 16.3 Å². The normalized spacial score (nSPS) is 11.6. The third-order valence-electron chi connectivity index (χ3n) is 11.2. The Morgan fingerprint density at radius 3 is 1.35 bits per heavy atom. The summed E-state index contributed by atoms with van der Waals surface area (Å²) in [5.41, 5.74) is 12.8. The Hall–Kier alpha value is -7.69. The summed E-state index contributed by atoms with van der Waals surface area (Å²) < 4.78 is 6.42. The minimum atomic E-state index is -0.0773. The Labute approximate surface area is 329 Å². The molecule has 0 fully saturated rings. The van der Waals surface area contributed by atoms with Crippen molar-refractivity contribution in [2.45, 2.75) is 0 Å². The van der Waals surface area contributed by atoms with Gasteiger partial charge in [-0.05, 0) is 89.0 Å². The van der Waals surface area contributed by atoms with Gasteiger partial charge in [0.25, 0.3) is 5.56 Å². The molecule has 0 bridgehead atoms. The average Bonchev–Trinajstić information content (AvgIpc) is 3.81. The predicted octanol–water partition coefficient (Wildman–Crippen LogP) is 13.0. The zero-order chi connectivity index (χ0) is 37.9. The van der Waals surface area contributed by atoms with E-state index in [2.05, 4.69) is 149 Å². The van der Waals surface area contributed by atoms with Gasteiger partial charge in [-0.2, -0.15) is 0 Å². The van der Waals surface area contributed by atoms with E-state index < -0.39 is 0 Å². The fourth-order valence-electron chi connectivity index (χ4n) is 8.80. The summed E-state index contributed by atoms with van der Waals surface area (Å²) >= 11 is 0. The highest BCUT2D eigenvalue weighted by atomic mass is 16.1. The Bertz CT molecular complexity index is 3330. The van der Waals surface area contributed by atoms with Crippen LogP contribution in [0.2, 0.25) is 0 Å². The molecule has 0 aliphatic heterocycles. The first-order valence-electron chi connectivity index (χ1n) is 19.3. The minimum Gasteiger partial charge on any atom is -0.309 e. The lowest BCUT2D eigenvalue weighted by Crippen LogP contribution is -2.23. The number of fused-ring (bicyclic) bond motifs is 6. The molecule has 3 aromatic heterocycles. The molecule has 0 aliphatic rings. The van der Waals surface area contributed by atoms with Crippen molar-refractivity contribution in [3.63, 3.8) is 0 Å². The number of nitrogens with zero attached hydrogens (tertiary/aromatic N) is 3. The van der Waals surface area contributed by atoms with Crippen molar-refractivity contribution in [1.82, 2.24) is 13.7 Å². The highest BCUT2D eigenvalue weighted by Gasteiger charge is 2.27. The fourth-order valence-corrected chi connectivity index (χ4v) is 8.80. The van der Waals surface area contributed by atoms with E-state index in [1.54, 1.807) is 0 Å². The van der Waals surface area contributed by atoms with Crippen molar-refractivity contribution in [3.8, 4) is 50.6 Å². The largest absolute Gasteiger partial charge is 0.309 e. The summed E-state index contributed by atoms with van der Waals surface area (Å²) in [7, 11) is 0. The Morgan fingerprint density at radius 2 is 0.754 bits per heavy atom. The Balaban J connectivity index is 1.28. The van der Waals surface area contributed by atoms with Crippen LogP contribution in [0.4, 0.5) is 0 Å². The number of hydrogen-bond donors (Lipinski definition) is 0. The summed E-state index contributed by atoms with van der Waals surface area (Å²) in [6, 6.07) is 73.8. The van der Waals surface area contributed by atoms with Crippen LogP contribution in [-0.4, -0.2) is 13.7 Å². The number of hydrogen-bond acceptors (Lipinski definition) is 1. The van der Waals surface area contributed by atoms with Gasteiger partial charge in [0.2, 0.25) is 0 Å². The molecule has 11 aromatic rings. The third-order valence-corrected chi connectivity index (χ3v) is 11.2. The van der Waals surface area contributed by atoms with E-state index in [1.807, 2.05) is 77.4 Å². The quantitative estimate of drug-likeness (QED) is 0.168. The molecule has 3 heterocycles. The third kappa shape index (κ3) is 5.19. The summed E-state index contributed by atoms with van der Waals surface area (Å²) in [6.45, 7) is 0. The molecule has 0 atom stereocenters. The van der Waals surface area contributed by atoms with Crippen molar-refractivity contribution in [1.29, 1.82) is 0 Å². The van der Waals surface area contributed by atoms with Gasteiger partial charge in [-0.15, -0.1) is 0 Å².